The number of fused-ring (bicyclic) bond motifs is 3. The van der Waals surface area contributed by atoms with E-state index < -0.39 is 0 Å². The van der Waals surface area contributed by atoms with Gasteiger partial charge in [0, 0.05) is 49.2 Å². The van der Waals surface area contributed by atoms with E-state index >= 15 is 0 Å². The van der Waals surface area contributed by atoms with Crippen LogP contribution in [0.5, 0.6) is 0 Å². The van der Waals surface area contributed by atoms with Crippen LogP contribution in [0.1, 0.15) is 5.69 Å². The summed E-state index contributed by atoms with van der Waals surface area (Å²) in [5.74, 6) is 1.75. The smallest absolute Gasteiger partial charge is 0.202 e. The molecule has 166 valence electrons. The summed E-state index contributed by atoms with van der Waals surface area (Å²) in [5, 5.41) is 13.4. The molecule has 1 aromatic carbocycles. The van der Waals surface area contributed by atoms with E-state index in [9.17, 15) is 0 Å². The maximum Gasteiger partial charge on any atom is 0.202 e. The number of hydrogen-bond acceptors (Lipinski definition) is 9. The van der Waals surface area contributed by atoms with Crippen molar-refractivity contribution in [3.63, 3.8) is 0 Å². The van der Waals surface area contributed by atoms with Crippen LogP contribution in [0.3, 0.4) is 0 Å². The van der Waals surface area contributed by atoms with Crippen molar-refractivity contribution in [3.8, 4) is 11.3 Å². The number of halogens is 1. The molecule has 33 heavy (non-hydrogen) atoms. The third kappa shape index (κ3) is 2.58. The second kappa shape index (κ2) is 6.69. The minimum Gasteiger partial charge on any atom is -0.355 e. The summed E-state index contributed by atoms with van der Waals surface area (Å²) in [5.41, 5.74) is 10.9. The molecule has 1 aliphatic heterocycles. The van der Waals surface area contributed by atoms with Gasteiger partial charge in [0.25, 0.3) is 0 Å². The Hall–Kier alpha value is -3.15. The van der Waals surface area contributed by atoms with Crippen molar-refractivity contribution in [3.05, 3.63) is 41.4 Å². The van der Waals surface area contributed by atoms with Crippen LogP contribution >= 0.6 is 23.3 Å². The van der Waals surface area contributed by atoms with E-state index in [1.165, 1.54) is 11.7 Å². The van der Waals surface area contributed by atoms with Gasteiger partial charge in [0.15, 0.2) is 0 Å². The number of hydrogen-bond donors (Lipinski definition) is 2. The van der Waals surface area contributed by atoms with Crippen molar-refractivity contribution in [1.82, 2.24) is 38.7 Å². The fraction of sp³-hybridized carbons (Fsp3) is 0.333. The number of nitrogens with two attached hydrogens (primary N) is 1. The summed E-state index contributed by atoms with van der Waals surface area (Å²) in [4.78, 5) is 11.8. The molecular weight excluding hydrogens is 460 g/mol. The molecule has 2 aliphatic rings. The van der Waals surface area contributed by atoms with Gasteiger partial charge < -0.3 is 10.6 Å². The van der Waals surface area contributed by atoms with Crippen molar-refractivity contribution in [1.29, 1.82) is 0 Å². The minimum absolute atomic E-state index is 0.0395. The molecule has 0 bridgehead atoms. The highest BCUT2D eigenvalue weighted by atomic mass is 35.5. The molecule has 0 amide bonds. The molecule has 4 aromatic heterocycles. The summed E-state index contributed by atoms with van der Waals surface area (Å²) in [7, 11) is 1.88. The fourth-order valence-electron chi connectivity index (χ4n) is 5.58. The lowest BCUT2D eigenvalue weighted by atomic mass is 9.96. The van der Waals surface area contributed by atoms with Gasteiger partial charge in [-0.05, 0) is 24.0 Å². The number of nitrogens with zero attached hydrogens (tertiary/aromatic N) is 8. The van der Waals surface area contributed by atoms with Gasteiger partial charge in [-0.25, -0.2) is 9.97 Å². The third-order valence-corrected chi connectivity index (χ3v) is 8.18. The second-order valence-corrected chi connectivity index (χ2v) is 9.75. The summed E-state index contributed by atoms with van der Waals surface area (Å²) in [6, 6.07) is 3.89. The zero-order valence-corrected chi connectivity index (χ0v) is 19.2. The van der Waals surface area contributed by atoms with Gasteiger partial charge in [0.2, 0.25) is 5.65 Å². The lowest BCUT2D eigenvalue weighted by molar-refractivity contribution is 0.542. The van der Waals surface area contributed by atoms with E-state index in [1.807, 2.05) is 37.8 Å². The molecule has 3 atom stereocenters. The van der Waals surface area contributed by atoms with Gasteiger partial charge in [-0.2, -0.15) is 18.9 Å². The van der Waals surface area contributed by atoms with Gasteiger partial charge in [-0.3, -0.25) is 9.78 Å². The average molecular weight is 479 g/mol. The molecule has 1 aliphatic carbocycles. The monoisotopic (exact) mass is 478 g/mol. The van der Waals surface area contributed by atoms with Crippen LogP contribution in [0.15, 0.2) is 30.7 Å². The molecule has 1 saturated carbocycles. The van der Waals surface area contributed by atoms with Gasteiger partial charge in [-0.15, -0.1) is 0 Å². The van der Waals surface area contributed by atoms with E-state index in [0.29, 0.717) is 34.6 Å². The largest absolute Gasteiger partial charge is 0.355 e. The molecule has 7 rings (SSSR count). The number of piperidine rings is 1. The topological polar surface area (TPSA) is 127 Å². The van der Waals surface area contributed by atoms with Gasteiger partial charge in [0.05, 0.1) is 46.0 Å². The Labute approximate surface area is 197 Å². The Morgan fingerprint density at radius 3 is 2.88 bits per heavy atom. The molecule has 10 nitrogen and oxygen atoms in total. The molecule has 5 aromatic rings. The summed E-state index contributed by atoms with van der Waals surface area (Å²) < 4.78 is 10.4. The summed E-state index contributed by atoms with van der Waals surface area (Å²) in [6.07, 6.45) is 5.59. The van der Waals surface area contributed by atoms with E-state index in [0.717, 1.165) is 46.8 Å². The Kier molecular flexibility index (Phi) is 3.92. The maximum atomic E-state index is 6.71. The van der Waals surface area contributed by atoms with Crippen LogP contribution in [0.25, 0.3) is 33.3 Å². The Morgan fingerprint density at radius 2 is 2.12 bits per heavy atom. The first-order valence-electron chi connectivity index (χ1n) is 10.7. The Bertz CT molecular complexity index is 1510. The molecular formula is C21H19ClN10S. The number of aryl methyl sites for hydroxylation is 1. The second-order valence-electron chi connectivity index (χ2n) is 8.82. The van der Waals surface area contributed by atoms with E-state index in [1.54, 1.807) is 4.68 Å². The highest BCUT2D eigenvalue weighted by Crippen LogP contribution is 2.62. The highest BCUT2D eigenvalue weighted by molar-refractivity contribution is 6.99. The quantitative estimate of drug-likeness (QED) is 0.403. The zero-order valence-electron chi connectivity index (χ0n) is 17.6. The summed E-state index contributed by atoms with van der Waals surface area (Å²) in [6.45, 7) is 2.35. The fourth-order valence-corrected chi connectivity index (χ4v) is 6.38. The van der Waals surface area contributed by atoms with Crippen LogP contribution in [-0.2, 0) is 12.5 Å². The first-order valence-corrected chi connectivity index (χ1v) is 11.8. The standard InChI is InChI=1S/C21H19ClN10S/c1-31-6-11-14(29-31)3-2-10(17(11)22)18-19-20(28-27-18)26-16(5-24-19)32-7-12-13(8-32)21(12,9-23)15-4-25-33-30-15/h2-6,12-13H,7-9,23H2,1H3,(H,26,27,28)/t12-,13+,21?. The highest BCUT2D eigenvalue weighted by Gasteiger charge is 2.69. The lowest BCUT2D eigenvalue weighted by Crippen LogP contribution is -2.35. The molecule has 5 heterocycles. The van der Waals surface area contributed by atoms with Gasteiger partial charge >= 0.3 is 0 Å². The molecule has 12 heteroatoms. The molecule has 2 fully saturated rings. The number of aromatic amines is 1. The summed E-state index contributed by atoms with van der Waals surface area (Å²) >= 11 is 7.95. The minimum atomic E-state index is -0.0395. The van der Waals surface area contributed by atoms with E-state index in [4.69, 9.17) is 27.3 Å². The first-order chi connectivity index (χ1) is 16.1. The van der Waals surface area contributed by atoms with Gasteiger partial charge in [-0.1, -0.05) is 11.6 Å². The van der Waals surface area contributed by atoms with Gasteiger partial charge in [0.1, 0.15) is 11.3 Å². The molecule has 0 spiro atoms. The number of anilines is 1. The predicted molar refractivity (Wildman–Crippen MR) is 126 cm³/mol. The first kappa shape index (κ1) is 19.3. The number of aromatic nitrogens is 8. The molecule has 0 radical (unpaired) electrons. The normalized spacial score (nSPS) is 24.2. The van der Waals surface area contributed by atoms with Crippen molar-refractivity contribution in [2.75, 3.05) is 24.5 Å². The van der Waals surface area contributed by atoms with Crippen molar-refractivity contribution >= 4 is 51.2 Å². The zero-order chi connectivity index (χ0) is 22.3. The molecule has 3 N–H and O–H groups in total. The lowest BCUT2D eigenvalue weighted by Gasteiger charge is -2.25. The van der Waals surface area contributed by atoms with E-state index in [-0.39, 0.29) is 5.41 Å². The number of rotatable bonds is 4. The van der Waals surface area contributed by atoms with Crippen molar-refractivity contribution < 1.29 is 0 Å². The van der Waals surface area contributed by atoms with Crippen molar-refractivity contribution in [2.24, 2.45) is 24.6 Å². The number of nitrogens with one attached hydrogen (secondary N) is 1. The molecule has 1 unspecified atom stereocenters. The van der Waals surface area contributed by atoms with Crippen LogP contribution < -0.4 is 10.6 Å². The van der Waals surface area contributed by atoms with E-state index in [2.05, 4.69) is 28.9 Å². The molecule has 1 saturated heterocycles. The maximum absolute atomic E-state index is 6.71. The Balaban J connectivity index is 1.20. The van der Waals surface area contributed by atoms with Crippen LogP contribution in [0.4, 0.5) is 5.82 Å². The van der Waals surface area contributed by atoms with Crippen molar-refractivity contribution in [2.45, 2.75) is 5.41 Å². The average Bonchev–Trinajstić information content (AvgIpc) is 3.47. The predicted octanol–water partition coefficient (Wildman–Crippen LogP) is 2.37. The van der Waals surface area contributed by atoms with Crippen LogP contribution in [0.2, 0.25) is 5.02 Å². The van der Waals surface area contributed by atoms with Crippen LogP contribution in [-0.4, -0.2) is 58.3 Å². The SMILES string of the molecule is Cn1cc2c(Cl)c(-c3[nH]nc4nc(N5C[C@@H]6[C@H](C5)C6(CN)c5cnsn5)cnc34)ccc2n1. The number of benzene rings is 1. The Morgan fingerprint density at radius 1 is 1.27 bits per heavy atom. The third-order valence-electron chi connectivity index (χ3n) is 7.29. The number of H-pyrrole nitrogens is 1. The van der Waals surface area contributed by atoms with Crippen LogP contribution in [0, 0.1) is 11.8 Å².